The number of rotatable bonds is 6. The number of aryl methyl sites for hydroxylation is 1. The van der Waals surface area contributed by atoms with E-state index in [4.69, 9.17) is 4.74 Å². The summed E-state index contributed by atoms with van der Waals surface area (Å²) < 4.78 is 47.6. The van der Waals surface area contributed by atoms with E-state index in [1.165, 1.54) is 22.5 Å². The second-order valence-corrected chi connectivity index (χ2v) is 11.0. The van der Waals surface area contributed by atoms with Crippen LogP contribution in [0.25, 0.3) is 0 Å². The molecule has 0 N–H and O–H groups in total. The molecule has 0 spiro atoms. The molecule has 1 fully saturated rings. The Balaban J connectivity index is 1.42. The molecule has 1 aliphatic heterocycles. The Labute approximate surface area is 205 Å². The molecule has 0 radical (unpaired) electrons. The third-order valence-corrected chi connectivity index (χ3v) is 8.28. The lowest BCUT2D eigenvalue weighted by molar-refractivity contribution is -0.119. The summed E-state index contributed by atoms with van der Waals surface area (Å²) in [6.45, 7) is 2.45. The van der Waals surface area contributed by atoms with Gasteiger partial charge in [0, 0.05) is 30.3 Å². The molecule has 5 rings (SSSR count). The largest absolute Gasteiger partial charge is 0.492 e. The van der Waals surface area contributed by atoms with Crippen molar-refractivity contribution in [3.8, 4) is 5.75 Å². The van der Waals surface area contributed by atoms with Gasteiger partial charge in [0.05, 0.1) is 11.4 Å². The van der Waals surface area contributed by atoms with Crippen LogP contribution in [0, 0.1) is 18.7 Å². The number of hydrogen-bond donors (Lipinski definition) is 0. The Kier molecular flexibility index (Phi) is 6.34. The zero-order valence-electron chi connectivity index (χ0n) is 19.5. The molecular weight excluding hydrogens is 467 g/mol. The van der Waals surface area contributed by atoms with Gasteiger partial charge in [-0.15, -0.1) is 0 Å². The first-order chi connectivity index (χ1) is 16.8. The highest BCUT2D eigenvalue weighted by Crippen LogP contribution is 2.34. The zero-order valence-corrected chi connectivity index (χ0v) is 20.3. The number of ether oxygens (including phenoxy) is 1. The third-order valence-electron chi connectivity index (χ3n) is 6.44. The Hall–Kier alpha value is -3.23. The lowest BCUT2D eigenvalue weighted by Gasteiger charge is -2.24. The van der Waals surface area contributed by atoms with Crippen molar-refractivity contribution >= 4 is 21.6 Å². The lowest BCUT2D eigenvalue weighted by Crippen LogP contribution is -2.33. The van der Waals surface area contributed by atoms with Gasteiger partial charge in [-0.2, -0.15) is 4.31 Å². The van der Waals surface area contributed by atoms with Gasteiger partial charge in [-0.3, -0.25) is 4.79 Å². The number of carbonyl (C=O) groups is 1. The van der Waals surface area contributed by atoms with Gasteiger partial charge in [-0.25, -0.2) is 12.8 Å². The van der Waals surface area contributed by atoms with Gasteiger partial charge in [-0.05, 0) is 73.4 Å². The molecule has 0 aromatic heterocycles. The summed E-state index contributed by atoms with van der Waals surface area (Å²) in [6, 6.07) is 19.1. The van der Waals surface area contributed by atoms with Crippen LogP contribution in [-0.2, 0) is 27.9 Å². The zero-order chi connectivity index (χ0) is 24.6. The van der Waals surface area contributed by atoms with Crippen LogP contribution in [-0.4, -0.2) is 31.8 Å². The molecule has 1 amide bonds. The lowest BCUT2D eigenvalue weighted by atomic mass is 10.1. The van der Waals surface area contributed by atoms with Crippen LogP contribution in [0.3, 0.4) is 0 Å². The van der Waals surface area contributed by atoms with E-state index in [0.717, 1.165) is 29.7 Å². The molecule has 8 heteroatoms. The molecule has 0 saturated heterocycles. The predicted octanol–water partition coefficient (Wildman–Crippen LogP) is 4.66. The van der Waals surface area contributed by atoms with Gasteiger partial charge in [0.15, 0.2) is 0 Å². The number of para-hydroxylation sites is 1. The molecule has 3 aromatic carbocycles. The molecule has 0 bridgehead atoms. The fourth-order valence-corrected chi connectivity index (χ4v) is 5.78. The number of anilines is 1. The van der Waals surface area contributed by atoms with Crippen LogP contribution >= 0.6 is 0 Å². The fourth-order valence-electron chi connectivity index (χ4n) is 4.29. The summed E-state index contributed by atoms with van der Waals surface area (Å²) >= 11 is 0. The maximum atomic E-state index is 13.7. The highest BCUT2D eigenvalue weighted by atomic mass is 32.2. The minimum Gasteiger partial charge on any atom is -0.492 e. The topological polar surface area (TPSA) is 66.9 Å². The first-order valence-electron chi connectivity index (χ1n) is 11.7. The van der Waals surface area contributed by atoms with Crippen molar-refractivity contribution < 1.29 is 22.3 Å². The van der Waals surface area contributed by atoms with Crippen molar-refractivity contribution in [3.05, 3.63) is 89.2 Å². The number of halogens is 1. The van der Waals surface area contributed by atoms with Crippen LogP contribution in [0.15, 0.2) is 71.6 Å². The number of amides is 1. The van der Waals surface area contributed by atoms with Gasteiger partial charge in [0.2, 0.25) is 15.9 Å². The van der Waals surface area contributed by atoms with Crippen LogP contribution in [0.2, 0.25) is 0 Å². The Morgan fingerprint density at radius 3 is 2.57 bits per heavy atom. The van der Waals surface area contributed by atoms with Crippen LogP contribution in [0.4, 0.5) is 10.1 Å². The Morgan fingerprint density at radius 1 is 1.09 bits per heavy atom. The van der Waals surface area contributed by atoms with E-state index in [2.05, 4.69) is 0 Å². The molecule has 6 nitrogen and oxygen atoms in total. The minimum atomic E-state index is -3.84. The SMILES string of the molecule is Cc1cc(S(=O)(=O)N2CCOc3ccc(CN(C(=O)C4CC4)c4ccccc4)cc3C2)ccc1F. The molecule has 0 unspecified atom stereocenters. The summed E-state index contributed by atoms with van der Waals surface area (Å²) in [7, 11) is -3.84. The van der Waals surface area contributed by atoms with Gasteiger partial charge >= 0.3 is 0 Å². The molecule has 1 aliphatic carbocycles. The number of nitrogens with zero attached hydrogens (tertiary/aromatic N) is 2. The second kappa shape index (κ2) is 9.43. The van der Waals surface area contributed by atoms with Gasteiger partial charge < -0.3 is 9.64 Å². The Morgan fingerprint density at radius 2 is 1.86 bits per heavy atom. The number of benzene rings is 3. The molecule has 2 aliphatic rings. The summed E-state index contributed by atoms with van der Waals surface area (Å²) in [5.74, 6) is 0.362. The van der Waals surface area contributed by atoms with Crippen LogP contribution in [0.1, 0.15) is 29.5 Å². The summed E-state index contributed by atoms with van der Waals surface area (Å²) in [5.41, 5.74) is 2.74. The standard InChI is InChI=1S/C27H27FN2O4S/c1-19-15-24(10-11-25(19)28)35(32,33)29-13-14-34-26-12-7-20(16-22(26)18-29)17-30(27(31)21-8-9-21)23-5-3-2-4-6-23/h2-7,10-12,15-16,21H,8-9,13-14,17-18H2,1H3. The van der Waals surface area contributed by atoms with Crippen molar-refractivity contribution in [1.29, 1.82) is 0 Å². The summed E-state index contributed by atoms with van der Waals surface area (Å²) in [6.07, 6.45) is 1.83. The third kappa shape index (κ3) is 4.94. The first kappa shape index (κ1) is 23.5. The van der Waals surface area contributed by atoms with Crippen LogP contribution in [0.5, 0.6) is 5.75 Å². The normalized spacial score (nSPS) is 16.2. The number of sulfonamides is 1. The summed E-state index contributed by atoms with van der Waals surface area (Å²) in [4.78, 5) is 14.9. The molecule has 182 valence electrons. The van der Waals surface area contributed by atoms with E-state index in [9.17, 15) is 17.6 Å². The van der Waals surface area contributed by atoms with Crippen molar-refractivity contribution in [3.63, 3.8) is 0 Å². The number of hydrogen-bond acceptors (Lipinski definition) is 4. The maximum Gasteiger partial charge on any atom is 0.243 e. The van der Waals surface area contributed by atoms with E-state index in [1.54, 1.807) is 11.8 Å². The quantitative estimate of drug-likeness (QED) is 0.500. The predicted molar refractivity (Wildman–Crippen MR) is 131 cm³/mol. The average molecular weight is 495 g/mol. The first-order valence-corrected chi connectivity index (χ1v) is 13.1. The Bertz CT molecular complexity index is 1360. The van der Waals surface area contributed by atoms with Crippen molar-refractivity contribution in [2.75, 3.05) is 18.1 Å². The van der Waals surface area contributed by atoms with Gasteiger partial charge in [0.25, 0.3) is 0 Å². The molecular formula is C27H27FN2O4S. The highest BCUT2D eigenvalue weighted by molar-refractivity contribution is 7.89. The fraction of sp³-hybridized carbons (Fsp3) is 0.296. The van der Waals surface area contributed by atoms with Crippen molar-refractivity contribution in [2.45, 2.75) is 37.8 Å². The minimum absolute atomic E-state index is 0.0567. The van der Waals surface area contributed by atoms with Gasteiger partial charge in [0.1, 0.15) is 18.2 Å². The molecule has 0 atom stereocenters. The number of carbonyl (C=O) groups excluding carboxylic acids is 1. The van der Waals surface area contributed by atoms with Crippen LogP contribution < -0.4 is 9.64 Å². The van der Waals surface area contributed by atoms with E-state index in [0.29, 0.717) is 12.3 Å². The van der Waals surface area contributed by atoms with Crippen molar-refractivity contribution in [1.82, 2.24) is 4.31 Å². The molecule has 35 heavy (non-hydrogen) atoms. The second-order valence-electron chi connectivity index (χ2n) is 9.07. The van der Waals surface area contributed by atoms with Gasteiger partial charge in [-0.1, -0.05) is 24.3 Å². The van der Waals surface area contributed by atoms with E-state index < -0.39 is 15.8 Å². The smallest absolute Gasteiger partial charge is 0.243 e. The molecule has 1 heterocycles. The molecule has 1 saturated carbocycles. The monoisotopic (exact) mass is 494 g/mol. The van der Waals surface area contributed by atoms with E-state index in [-0.39, 0.29) is 42.0 Å². The van der Waals surface area contributed by atoms with Crippen molar-refractivity contribution in [2.24, 2.45) is 5.92 Å². The van der Waals surface area contributed by atoms with E-state index >= 15 is 0 Å². The van der Waals surface area contributed by atoms with E-state index in [1.807, 2.05) is 48.5 Å². The average Bonchev–Trinajstić information content (AvgIpc) is 3.71. The summed E-state index contributed by atoms with van der Waals surface area (Å²) in [5, 5.41) is 0. The maximum absolute atomic E-state index is 13.7. The molecule has 3 aromatic rings. The highest BCUT2D eigenvalue weighted by Gasteiger charge is 2.34. The number of fused-ring (bicyclic) bond motifs is 1.